The fraction of sp³-hybridized carbons (Fsp3) is 0.625. The van der Waals surface area contributed by atoms with E-state index in [2.05, 4.69) is 30.0 Å². The van der Waals surface area contributed by atoms with Gasteiger partial charge in [-0.1, -0.05) is 5.21 Å². The Labute approximate surface area is 142 Å². The van der Waals surface area contributed by atoms with Crippen LogP contribution in [0.3, 0.4) is 0 Å². The standard InChI is InChI=1S/C16H24N8/c1-2-7-23(6-1)16-17-4-3-15(19-16)22-12-9-21(10-13-22)11-14-24-8-5-18-20-24/h3-5,8H,1-2,6-7,9-14H2. The molecule has 128 valence electrons. The van der Waals surface area contributed by atoms with E-state index in [1.165, 1.54) is 12.8 Å². The smallest absolute Gasteiger partial charge is 0.227 e. The van der Waals surface area contributed by atoms with Crippen LogP contribution in [-0.2, 0) is 6.54 Å². The molecule has 2 saturated heterocycles. The molecule has 0 radical (unpaired) electrons. The van der Waals surface area contributed by atoms with Crippen LogP contribution < -0.4 is 9.80 Å². The molecule has 2 aromatic rings. The van der Waals surface area contributed by atoms with Crippen LogP contribution in [0.15, 0.2) is 24.7 Å². The molecule has 0 saturated carbocycles. The summed E-state index contributed by atoms with van der Waals surface area (Å²) in [4.78, 5) is 16.4. The normalized spacial score (nSPS) is 19.2. The van der Waals surface area contributed by atoms with Crippen molar-refractivity contribution in [1.82, 2.24) is 29.9 Å². The quantitative estimate of drug-likeness (QED) is 0.791. The minimum atomic E-state index is 0.888. The summed E-state index contributed by atoms with van der Waals surface area (Å²) in [7, 11) is 0. The van der Waals surface area contributed by atoms with Gasteiger partial charge in [-0.3, -0.25) is 9.58 Å². The highest BCUT2D eigenvalue weighted by Crippen LogP contribution is 2.19. The molecule has 4 rings (SSSR count). The molecule has 2 fully saturated rings. The zero-order valence-corrected chi connectivity index (χ0v) is 14.0. The highest BCUT2D eigenvalue weighted by atomic mass is 15.4. The Hall–Kier alpha value is -2.22. The summed E-state index contributed by atoms with van der Waals surface area (Å²) >= 11 is 0. The SMILES string of the molecule is c1cn(CCN2CCN(c3ccnc(N4CCCC4)n3)CC2)nn1. The van der Waals surface area contributed by atoms with Crippen LogP contribution in [0.25, 0.3) is 0 Å². The third-order valence-corrected chi connectivity index (χ3v) is 4.83. The lowest BCUT2D eigenvalue weighted by Gasteiger charge is -2.35. The van der Waals surface area contributed by atoms with Crippen LogP contribution >= 0.6 is 0 Å². The summed E-state index contributed by atoms with van der Waals surface area (Å²) in [6.07, 6.45) is 8.03. The van der Waals surface area contributed by atoms with Crippen molar-refractivity contribution in [3.05, 3.63) is 24.7 Å². The zero-order chi connectivity index (χ0) is 16.2. The largest absolute Gasteiger partial charge is 0.354 e. The summed E-state index contributed by atoms with van der Waals surface area (Å²) < 4.78 is 1.89. The fourth-order valence-electron chi connectivity index (χ4n) is 3.38. The molecule has 24 heavy (non-hydrogen) atoms. The van der Waals surface area contributed by atoms with Gasteiger partial charge in [0.25, 0.3) is 0 Å². The molecular formula is C16H24N8. The van der Waals surface area contributed by atoms with Gasteiger partial charge in [0.15, 0.2) is 0 Å². The van der Waals surface area contributed by atoms with Gasteiger partial charge in [0, 0.05) is 58.2 Å². The van der Waals surface area contributed by atoms with Crippen LogP contribution in [0.4, 0.5) is 11.8 Å². The molecule has 0 aliphatic carbocycles. The number of nitrogens with zero attached hydrogens (tertiary/aromatic N) is 8. The average Bonchev–Trinajstić information content (AvgIpc) is 3.34. The Morgan fingerprint density at radius 3 is 2.46 bits per heavy atom. The van der Waals surface area contributed by atoms with Gasteiger partial charge in [-0.15, -0.1) is 5.10 Å². The number of rotatable bonds is 5. The molecule has 8 heteroatoms. The second kappa shape index (κ2) is 7.12. The van der Waals surface area contributed by atoms with E-state index in [1.807, 2.05) is 23.1 Å². The summed E-state index contributed by atoms with van der Waals surface area (Å²) in [6, 6.07) is 2.03. The maximum atomic E-state index is 4.79. The first-order chi connectivity index (χ1) is 11.9. The Balaban J connectivity index is 1.31. The number of piperazine rings is 1. The predicted molar refractivity (Wildman–Crippen MR) is 92.2 cm³/mol. The highest BCUT2D eigenvalue weighted by Gasteiger charge is 2.20. The van der Waals surface area contributed by atoms with E-state index in [0.717, 1.165) is 64.1 Å². The van der Waals surface area contributed by atoms with Crippen LogP contribution in [0.5, 0.6) is 0 Å². The average molecular weight is 328 g/mol. The maximum Gasteiger partial charge on any atom is 0.227 e. The topological polar surface area (TPSA) is 66.2 Å². The van der Waals surface area contributed by atoms with Crippen molar-refractivity contribution in [2.24, 2.45) is 0 Å². The summed E-state index contributed by atoms with van der Waals surface area (Å²) in [5.41, 5.74) is 0. The van der Waals surface area contributed by atoms with E-state index >= 15 is 0 Å². The van der Waals surface area contributed by atoms with E-state index in [1.54, 1.807) is 6.20 Å². The molecule has 0 aromatic carbocycles. The monoisotopic (exact) mass is 328 g/mol. The van der Waals surface area contributed by atoms with Crippen LogP contribution in [0, 0.1) is 0 Å². The zero-order valence-electron chi connectivity index (χ0n) is 14.0. The van der Waals surface area contributed by atoms with Gasteiger partial charge in [-0.05, 0) is 18.9 Å². The van der Waals surface area contributed by atoms with Gasteiger partial charge in [0.2, 0.25) is 5.95 Å². The summed E-state index contributed by atoms with van der Waals surface area (Å²) in [5.74, 6) is 1.95. The van der Waals surface area contributed by atoms with Gasteiger partial charge in [0.05, 0.1) is 12.7 Å². The lowest BCUT2D eigenvalue weighted by molar-refractivity contribution is 0.243. The summed E-state index contributed by atoms with van der Waals surface area (Å²) in [6.45, 7) is 8.20. The van der Waals surface area contributed by atoms with E-state index in [9.17, 15) is 0 Å². The number of aromatic nitrogens is 5. The van der Waals surface area contributed by atoms with Gasteiger partial charge in [-0.2, -0.15) is 4.98 Å². The molecule has 0 amide bonds. The van der Waals surface area contributed by atoms with Gasteiger partial charge < -0.3 is 9.80 Å². The number of hydrogen-bond donors (Lipinski definition) is 0. The van der Waals surface area contributed by atoms with Crippen molar-refractivity contribution in [1.29, 1.82) is 0 Å². The van der Waals surface area contributed by atoms with E-state index in [-0.39, 0.29) is 0 Å². The molecule has 4 heterocycles. The fourth-order valence-corrected chi connectivity index (χ4v) is 3.38. The number of anilines is 2. The molecule has 2 aromatic heterocycles. The molecule has 2 aliphatic heterocycles. The first-order valence-electron chi connectivity index (χ1n) is 8.78. The van der Waals surface area contributed by atoms with Crippen molar-refractivity contribution in [2.45, 2.75) is 19.4 Å². The lowest BCUT2D eigenvalue weighted by Crippen LogP contribution is -2.47. The van der Waals surface area contributed by atoms with Gasteiger partial charge in [0.1, 0.15) is 5.82 Å². The van der Waals surface area contributed by atoms with E-state index in [4.69, 9.17) is 4.98 Å². The molecule has 0 bridgehead atoms. The highest BCUT2D eigenvalue weighted by molar-refractivity contribution is 5.44. The minimum absolute atomic E-state index is 0.888. The molecular weight excluding hydrogens is 304 g/mol. The molecule has 2 aliphatic rings. The van der Waals surface area contributed by atoms with Gasteiger partial charge >= 0.3 is 0 Å². The Bertz CT molecular complexity index is 629. The lowest BCUT2D eigenvalue weighted by atomic mass is 10.3. The van der Waals surface area contributed by atoms with E-state index in [0.29, 0.717) is 0 Å². The van der Waals surface area contributed by atoms with Crippen molar-refractivity contribution >= 4 is 11.8 Å². The van der Waals surface area contributed by atoms with E-state index < -0.39 is 0 Å². The minimum Gasteiger partial charge on any atom is -0.354 e. The van der Waals surface area contributed by atoms with Crippen molar-refractivity contribution in [2.75, 3.05) is 55.6 Å². The third-order valence-electron chi connectivity index (χ3n) is 4.83. The molecule has 0 N–H and O–H groups in total. The van der Waals surface area contributed by atoms with Crippen molar-refractivity contribution in [3.8, 4) is 0 Å². The number of hydrogen-bond acceptors (Lipinski definition) is 7. The second-order valence-corrected chi connectivity index (χ2v) is 6.40. The van der Waals surface area contributed by atoms with Gasteiger partial charge in [-0.25, -0.2) is 4.98 Å². The predicted octanol–water partition coefficient (Wildman–Crippen LogP) is 0.491. The Morgan fingerprint density at radius 1 is 0.875 bits per heavy atom. The summed E-state index contributed by atoms with van der Waals surface area (Å²) in [5, 5.41) is 7.87. The second-order valence-electron chi connectivity index (χ2n) is 6.40. The molecule has 0 spiro atoms. The van der Waals surface area contributed by atoms with Crippen molar-refractivity contribution in [3.63, 3.8) is 0 Å². The first kappa shape index (κ1) is 15.3. The Morgan fingerprint density at radius 2 is 1.71 bits per heavy atom. The van der Waals surface area contributed by atoms with Crippen LogP contribution in [0.1, 0.15) is 12.8 Å². The molecule has 8 nitrogen and oxygen atoms in total. The maximum absolute atomic E-state index is 4.79. The Kier molecular flexibility index (Phi) is 4.55. The molecule has 0 unspecified atom stereocenters. The van der Waals surface area contributed by atoms with Crippen LogP contribution in [-0.4, -0.2) is 75.7 Å². The van der Waals surface area contributed by atoms with Crippen molar-refractivity contribution < 1.29 is 0 Å². The van der Waals surface area contributed by atoms with Crippen LogP contribution in [0.2, 0.25) is 0 Å². The third kappa shape index (κ3) is 3.48. The first-order valence-corrected chi connectivity index (χ1v) is 8.78. The molecule has 0 atom stereocenters.